The Bertz CT molecular complexity index is 473. The van der Waals surface area contributed by atoms with E-state index in [0.29, 0.717) is 38.5 Å². The molecule has 2 aliphatic carbocycles. The van der Waals surface area contributed by atoms with Crippen molar-refractivity contribution in [3.8, 4) is 0 Å². The Morgan fingerprint density at radius 3 is 2.50 bits per heavy atom. The average molecular weight is 311 g/mol. The highest BCUT2D eigenvalue weighted by atomic mass is 16.6. The predicted molar refractivity (Wildman–Crippen MR) is 84.3 cm³/mol. The summed E-state index contributed by atoms with van der Waals surface area (Å²) in [5, 5.41) is 14.0. The van der Waals surface area contributed by atoms with Gasteiger partial charge in [0.25, 0.3) is 0 Å². The Kier molecular flexibility index (Phi) is 4.18. The molecule has 4 unspecified atom stereocenters. The largest absolute Gasteiger partial charge is 0.458 e. The summed E-state index contributed by atoms with van der Waals surface area (Å²) in [6.07, 6.45) is 3.20. The molecule has 22 heavy (non-hydrogen) atoms. The summed E-state index contributed by atoms with van der Waals surface area (Å²) in [5.74, 6) is 0.00156. The zero-order chi connectivity index (χ0) is 16.8. The number of carbonyl (C=O) groups is 1. The third-order valence-corrected chi connectivity index (χ3v) is 5.45. The van der Waals surface area contributed by atoms with Crippen LogP contribution in [-0.2, 0) is 9.53 Å². The number of carbonyl (C=O) groups excluding carboxylic acids is 1. The summed E-state index contributed by atoms with van der Waals surface area (Å²) in [6, 6.07) is 0. The number of aliphatic hydroxyl groups is 1. The molecule has 2 bridgehead atoms. The van der Waals surface area contributed by atoms with Crippen LogP contribution in [-0.4, -0.2) is 27.8 Å². The van der Waals surface area contributed by atoms with Gasteiger partial charge < -0.3 is 9.84 Å². The average Bonchev–Trinajstić information content (AvgIpc) is 2.34. The maximum atomic E-state index is 12.6. The van der Waals surface area contributed by atoms with Crippen LogP contribution in [0.1, 0.15) is 73.1 Å². The number of esters is 1. The zero-order valence-electron chi connectivity index (χ0n) is 14.4. The predicted octanol–water partition coefficient (Wildman–Crippen LogP) is 3.57. The van der Waals surface area contributed by atoms with E-state index >= 15 is 0 Å². The van der Waals surface area contributed by atoms with Crippen molar-refractivity contribution in [1.82, 2.24) is 0 Å². The molecule has 0 amide bonds. The molecule has 1 N–H and O–H groups in total. The van der Waals surface area contributed by atoms with Crippen LogP contribution in [0.3, 0.4) is 0 Å². The van der Waals surface area contributed by atoms with E-state index in [9.17, 15) is 14.8 Å². The van der Waals surface area contributed by atoms with E-state index in [1.807, 2.05) is 20.8 Å². The van der Waals surface area contributed by atoms with Crippen LogP contribution in [0.2, 0.25) is 0 Å². The number of rotatable bonds is 4. The molecule has 0 aromatic carbocycles. The molecule has 0 saturated heterocycles. The Morgan fingerprint density at radius 1 is 1.32 bits per heavy atom. The Hall–Kier alpha value is -0.970. The molecule has 2 fully saturated rings. The normalized spacial score (nSPS) is 41.8. The van der Waals surface area contributed by atoms with Crippen molar-refractivity contribution in [3.05, 3.63) is 4.91 Å². The fraction of sp³-hybridized carbons (Fsp3) is 0.941. The van der Waals surface area contributed by atoms with Crippen LogP contribution in [0.15, 0.2) is 5.18 Å². The molecule has 2 aliphatic rings. The lowest BCUT2D eigenvalue weighted by molar-refractivity contribution is -0.201. The van der Waals surface area contributed by atoms with E-state index in [2.05, 4.69) is 12.1 Å². The van der Waals surface area contributed by atoms with Gasteiger partial charge in [-0.05, 0) is 46.0 Å². The number of nitrogens with zero attached hydrogens (tertiary/aromatic N) is 1. The second-order valence-corrected chi connectivity index (χ2v) is 8.67. The van der Waals surface area contributed by atoms with Crippen molar-refractivity contribution in [2.75, 3.05) is 0 Å². The Morgan fingerprint density at radius 2 is 1.95 bits per heavy atom. The molecule has 2 rings (SSSR count). The van der Waals surface area contributed by atoms with E-state index in [-0.39, 0.29) is 11.9 Å². The highest BCUT2D eigenvalue weighted by molar-refractivity contribution is 5.76. The van der Waals surface area contributed by atoms with E-state index < -0.39 is 22.2 Å². The number of hydrogen-bond acceptors (Lipinski definition) is 5. The zero-order valence-corrected chi connectivity index (χ0v) is 14.4. The van der Waals surface area contributed by atoms with E-state index in [1.165, 1.54) is 0 Å². The minimum Gasteiger partial charge on any atom is -0.458 e. The fourth-order valence-corrected chi connectivity index (χ4v) is 4.53. The van der Waals surface area contributed by atoms with Gasteiger partial charge in [0.05, 0.1) is 11.0 Å². The maximum absolute atomic E-state index is 12.6. The molecule has 5 heteroatoms. The molecule has 0 aromatic rings. The van der Waals surface area contributed by atoms with E-state index in [0.717, 1.165) is 0 Å². The fourth-order valence-electron chi connectivity index (χ4n) is 4.53. The smallest absolute Gasteiger partial charge is 0.312 e. The first-order chi connectivity index (χ1) is 9.97. The Labute approximate surface area is 132 Å². The van der Waals surface area contributed by atoms with Crippen molar-refractivity contribution < 1.29 is 14.6 Å². The molecular formula is C17H29NO4. The van der Waals surface area contributed by atoms with Crippen LogP contribution in [0.25, 0.3) is 0 Å². The second kappa shape index (κ2) is 5.29. The van der Waals surface area contributed by atoms with Gasteiger partial charge in [-0.3, -0.25) is 4.79 Å². The third-order valence-electron chi connectivity index (χ3n) is 5.45. The quantitative estimate of drug-likeness (QED) is 0.636. The van der Waals surface area contributed by atoms with Crippen molar-refractivity contribution in [3.63, 3.8) is 0 Å². The van der Waals surface area contributed by atoms with Crippen LogP contribution in [0.5, 0.6) is 0 Å². The van der Waals surface area contributed by atoms with Gasteiger partial charge in [-0.15, -0.1) is 0 Å². The van der Waals surface area contributed by atoms with E-state index in [4.69, 9.17) is 4.74 Å². The molecule has 4 atom stereocenters. The highest BCUT2D eigenvalue weighted by Gasteiger charge is 2.60. The minimum atomic E-state index is -1.02. The first kappa shape index (κ1) is 17.4. The van der Waals surface area contributed by atoms with Crippen LogP contribution in [0.4, 0.5) is 0 Å². The molecular weight excluding hydrogens is 282 g/mol. The maximum Gasteiger partial charge on any atom is 0.312 e. The van der Waals surface area contributed by atoms with Gasteiger partial charge in [0, 0.05) is 19.3 Å². The summed E-state index contributed by atoms with van der Waals surface area (Å²) >= 11 is 0. The molecule has 126 valence electrons. The lowest BCUT2D eigenvalue weighted by atomic mass is 9.57. The lowest BCUT2D eigenvalue weighted by Crippen LogP contribution is -2.60. The minimum absolute atomic E-state index is 0.249. The van der Waals surface area contributed by atoms with Crippen molar-refractivity contribution in [2.45, 2.75) is 89.9 Å². The highest BCUT2D eigenvalue weighted by Crippen LogP contribution is 2.54. The summed E-state index contributed by atoms with van der Waals surface area (Å²) in [6.45, 7) is 9.47. The van der Waals surface area contributed by atoms with Crippen molar-refractivity contribution >= 4 is 5.97 Å². The van der Waals surface area contributed by atoms with Crippen molar-refractivity contribution in [1.29, 1.82) is 0 Å². The van der Waals surface area contributed by atoms with Gasteiger partial charge in [-0.1, -0.05) is 19.0 Å². The molecule has 0 spiro atoms. The van der Waals surface area contributed by atoms with Crippen LogP contribution < -0.4 is 0 Å². The van der Waals surface area contributed by atoms with Gasteiger partial charge in [0.1, 0.15) is 11.1 Å². The molecule has 0 heterocycles. The summed E-state index contributed by atoms with van der Waals surface area (Å²) < 4.78 is 5.94. The second-order valence-electron chi connectivity index (χ2n) is 8.67. The van der Waals surface area contributed by atoms with Gasteiger partial charge in [0.2, 0.25) is 0 Å². The number of ether oxygens (including phenoxy) is 1. The van der Waals surface area contributed by atoms with Crippen molar-refractivity contribution in [2.24, 2.45) is 16.5 Å². The lowest BCUT2D eigenvalue weighted by Gasteiger charge is -2.55. The SMILES string of the molecule is CCC(C)(C)C(=O)OC12CC(C)CC(N=O)(CC(C)(O)C1)C2. The van der Waals surface area contributed by atoms with Gasteiger partial charge in [-0.25, -0.2) is 0 Å². The number of nitroso groups, excluding NO2 is 1. The number of hydrogen-bond donors (Lipinski definition) is 1. The molecule has 5 nitrogen and oxygen atoms in total. The first-order valence-electron chi connectivity index (χ1n) is 8.28. The van der Waals surface area contributed by atoms with E-state index in [1.54, 1.807) is 6.92 Å². The third kappa shape index (κ3) is 3.19. The molecule has 0 radical (unpaired) electrons. The number of fused-ring (bicyclic) bond motifs is 2. The summed E-state index contributed by atoms with van der Waals surface area (Å²) in [4.78, 5) is 24.1. The standard InChI is InChI=1S/C17H29NO4/c1-6-14(3,4)13(19)22-17-8-12(2)7-16(11-17,18-21)9-15(5,20)10-17/h12,20H,6-11H2,1-5H3. The molecule has 0 aliphatic heterocycles. The summed E-state index contributed by atoms with van der Waals surface area (Å²) in [7, 11) is 0. The molecule has 0 aromatic heterocycles. The summed E-state index contributed by atoms with van der Waals surface area (Å²) in [5.41, 5.74) is -3.16. The monoisotopic (exact) mass is 311 g/mol. The van der Waals surface area contributed by atoms with Gasteiger partial charge >= 0.3 is 5.97 Å². The first-order valence-corrected chi connectivity index (χ1v) is 8.28. The topological polar surface area (TPSA) is 76.0 Å². The van der Waals surface area contributed by atoms with Gasteiger partial charge in [-0.2, -0.15) is 4.91 Å². The Balaban J connectivity index is 2.33. The van der Waals surface area contributed by atoms with Crippen LogP contribution >= 0.6 is 0 Å². The van der Waals surface area contributed by atoms with Gasteiger partial charge in [0.15, 0.2) is 0 Å². The molecule has 2 saturated carbocycles. The van der Waals surface area contributed by atoms with Crippen LogP contribution in [0, 0.1) is 16.2 Å².